The summed E-state index contributed by atoms with van der Waals surface area (Å²) in [5.41, 5.74) is -2.10. The molecule has 0 saturated heterocycles. The highest BCUT2D eigenvalue weighted by Crippen LogP contribution is 2.37. The van der Waals surface area contributed by atoms with Crippen LogP contribution < -0.4 is 4.74 Å². The molecule has 0 aliphatic carbocycles. The van der Waals surface area contributed by atoms with Gasteiger partial charge in [0, 0.05) is 5.56 Å². The van der Waals surface area contributed by atoms with E-state index in [0.29, 0.717) is 6.07 Å². The van der Waals surface area contributed by atoms with Crippen molar-refractivity contribution in [2.24, 2.45) is 0 Å². The van der Waals surface area contributed by atoms with Gasteiger partial charge in [0.25, 0.3) is 0 Å². The van der Waals surface area contributed by atoms with Crippen molar-refractivity contribution in [1.29, 1.82) is 0 Å². The zero-order valence-electron chi connectivity index (χ0n) is 8.08. The van der Waals surface area contributed by atoms with E-state index in [0.717, 1.165) is 6.92 Å². The minimum atomic E-state index is -5.13. The molecule has 1 heterocycles. The number of alkyl halides is 6. The molecule has 2 nitrogen and oxygen atoms in total. The van der Waals surface area contributed by atoms with Gasteiger partial charge in [0.1, 0.15) is 5.15 Å². The Bertz CT molecular complexity index is 427. The molecular formula is C8H4ClF6NO. The number of nitrogens with zero attached hydrogens (tertiary/aromatic N) is 1. The summed E-state index contributed by atoms with van der Waals surface area (Å²) in [6.07, 6.45) is -9.97. The third kappa shape index (κ3) is 3.65. The Morgan fingerprint density at radius 3 is 2.12 bits per heavy atom. The minimum Gasteiger partial charge on any atom is -0.388 e. The van der Waals surface area contributed by atoms with Gasteiger partial charge in [-0.25, -0.2) is 4.98 Å². The molecule has 0 spiro atoms. The highest BCUT2D eigenvalue weighted by molar-refractivity contribution is 6.29. The summed E-state index contributed by atoms with van der Waals surface area (Å²) in [5, 5.41) is -0.734. The Morgan fingerprint density at radius 2 is 1.71 bits per heavy atom. The molecule has 0 aliphatic rings. The van der Waals surface area contributed by atoms with Crippen LogP contribution in [-0.2, 0) is 6.18 Å². The normalized spacial score (nSPS) is 12.7. The molecular weight excluding hydrogens is 276 g/mol. The number of halogens is 7. The van der Waals surface area contributed by atoms with Crippen LogP contribution in [0, 0.1) is 6.92 Å². The van der Waals surface area contributed by atoms with Gasteiger partial charge in [-0.1, -0.05) is 11.6 Å². The van der Waals surface area contributed by atoms with Gasteiger partial charge in [-0.15, -0.1) is 13.2 Å². The number of pyridine rings is 1. The van der Waals surface area contributed by atoms with Gasteiger partial charge in [0.05, 0.1) is 5.56 Å². The first kappa shape index (κ1) is 13.9. The zero-order chi connectivity index (χ0) is 13.4. The summed E-state index contributed by atoms with van der Waals surface area (Å²) >= 11 is 5.20. The topological polar surface area (TPSA) is 22.1 Å². The lowest BCUT2D eigenvalue weighted by atomic mass is 10.1. The van der Waals surface area contributed by atoms with E-state index in [-0.39, 0.29) is 0 Å². The minimum absolute atomic E-state index is 0.431. The van der Waals surface area contributed by atoms with Gasteiger partial charge in [-0.05, 0) is 13.0 Å². The molecule has 0 N–H and O–H groups in total. The van der Waals surface area contributed by atoms with E-state index in [2.05, 4.69) is 9.72 Å². The van der Waals surface area contributed by atoms with Crippen molar-refractivity contribution >= 4 is 11.6 Å². The van der Waals surface area contributed by atoms with Crippen LogP contribution >= 0.6 is 11.6 Å². The zero-order valence-corrected chi connectivity index (χ0v) is 8.83. The van der Waals surface area contributed by atoms with Gasteiger partial charge < -0.3 is 4.74 Å². The summed E-state index contributed by atoms with van der Waals surface area (Å²) in [7, 11) is 0. The Balaban J connectivity index is 3.29. The van der Waals surface area contributed by atoms with E-state index in [1.165, 1.54) is 0 Å². The Morgan fingerprint density at radius 1 is 1.18 bits per heavy atom. The third-order valence-electron chi connectivity index (χ3n) is 1.71. The fraction of sp³-hybridized carbons (Fsp3) is 0.375. The molecule has 0 aliphatic heterocycles. The van der Waals surface area contributed by atoms with Gasteiger partial charge in [0.15, 0.2) is 0 Å². The number of rotatable bonds is 1. The number of hydrogen-bond donors (Lipinski definition) is 0. The van der Waals surface area contributed by atoms with Gasteiger partial charge >= 0.3 is 12.5 Å². The second-order valence-corrected chi connectivity index (χ2v) is 3.36. The van der Waals surface area contributed by atoms with Crippen molar-refractivity contribution in [3.05, 3.63) is 22.3 Å². The summed E-state index contributed by atoms with van der Waals surface area (Å²) in [6.45, 7) is 0.813. The van der Waals surface area contributed by atoms with Gasteiger partial charge in [-0.3, -0.25) is 0 Å². The molecule has 9 heteroatoms. The van der Waals surface area contributed by atoms with Crippen LogP contribution in [0.15, 0.2) is 6.07 Å². The van der Waals surface area contributed by atoms with Crippen molar-refractivity contribution in [2.75, 3.05) is 0 Å². The smallest absolute Gasteiger partial charge is 0.388 e. The molecule has 1 aromatic rings. The Hall–Kier alpha value is -1.18. The van der Waals surface area contributed by atoms with Crippen molar-refractivity contribution in [3.63, 3.8) is 0 Å². The van der Waals surface area contributed by atoms with E-state index in [4.69, 9.17) is 11.6 Å². The largest absolute Gasteiger partial charge is 0.574 e. The SMILES string of the molecule is Cc1c(C(F)(F)F)cc(Cl)nc1OC(F)(F)F. The van der Waals surface area contributed by atoms with Crippen molar-refractivity contribution in [3.8, 4) is 5.88 Å². The standard InChI is InChI=1S/C8H4ClF6NO/c1-3-4(7(10,11)12)2-5(9)16-6(3)17-8(13,14)15/h2H,1H3. The highest BCUT2D eigenvalue weighted by Gasteiger charge is 2.38. The van der Waals surface area contributed by atoms with Crippen LogP contribution in [0.3, 0.4) is 0 Å². The maximum atomic E-state index is 12.4. The predicted molar refractivity (Wildman–Crippen MR) is 45.7 cm³/mol. The number of hydrogen-bond acceptors (Lipinski definition) is 2. The summed E-state index contributed by atoms with van der Waals surface area (Å²) in [4.78, 5) is 3.06. The third-order valence-corrected chi connectivity index (χ3v) is 1.91. The van der Waals surface area contributed by atoms with E-state index < -0.39 is 34.7 Å². The lowest BCUT2D eigenvalue weighted by molar-refractivity contribution is -0.276. The molecule has 1 aromatic heterocycles. The van der Waals surface area contributed by atoms with Gasteiger partial charge in [0.2, 0.25) is 5.88 Å². The molecule has 0 fully saturated rings. The van der Waals surface area contributed by atoms with Crippen LogP contribution in [-0.4, -0.2) is 11.3 Å². The maximum absolute atomic E-state index is 12.4. The van der Waals surface area contributed by atoms with E-state index in [1.807, 2.05) is 0 Å². The van der Waals surface area contributed by atoms with Crippen LogP contribution in [0.25, 0.3) is 0 Å². The summed E-state index contributed by atoms with van der Waals surface area (Å²) in [5.74, 6) is -1.21. The van der Waals surface area contributed by atoms with Crippen LogP contribution in [0.2, 0.25) is 5.15 Å². The van der Waals surface area contributed by atoms with Crippen LogP contribution in [0.1, 0.15) is 11.1 Å². The summed E-state index contributed by atoms with van der Waals surface area (Å²) < 4.78 is 76.3. The molecule has 0 unspecified atom stereocenters. The fourth-order valence-corrected chi connectivity index (χ4v) is 1.24. The molecule has 0 radical (unpaired) electrons. The molecule has 0 atom stereocenters. The first-order chi connectivity index (χ1) is 7.50. The van der Waals surface area contributed by atoms with Crippen molar-refractivity contribution < 1.29 is 31.1 Å². The van der Waals surface area contributed by atoms with E-state index in [1.54, 1.807) is 0 Å². The number of ether oxygens (including phenoxy) is 1. The lowest BCUT2D eigenvalue weighted by Crippen LogP contribution is -2.20. The lowest BCUT2D eigenvalue weighted by Gasteiger charge is -2.15. The monoisotopic (exact) mass is 279 g/mol. The fourth-order valence-electron chi connectivity index (χ4n) is 1.06. The predicted octanol–water partition coefficient (Wildman–Crippen LogP) is 3.96. The van der Waals surface area contributed by atoms with Crippen molar-refractivity contribution in [1.82, 2.24) is 4.98 Å². The van der Waals surface area contributed by atoms with Crippen LogP contribution in [0.5, 0.6) is 5.88 Å². The molecule has 0 bridgehead atoms. The first-order valence-electron chi connectivity index (χ1n) is 4.01. The quantitative estimate of drug-likeness (QED) is 0.573. The van der Waals surface area contributed by atoms with Gasteiger partial charge in [-0.2, -0.15) is 13.2 Å². The molecule has 0 amide bonds. The van der Waals surface area contributed by atoms with Crippen molar-refractivity contribution in [2.45, 2.75) is 19.5 Å². The summed E-state index contributed by atoms with van der Waals surface area (Å²) in [6, 6.07) is 0.431. The van der Waals surface area contributed by atoms with Crippen LogP contribution in [0.4, 0.5) is 26.3 Å². The molecule has 0 aromatic carbocycles. The molecule has 17 heavy (non-hydrogen) atoms. The average Bonchev–Trinajstić information content (AvgIpc) is 2.06. The maximum Gasteiger partial charge on any atom is 0.574 e. The first-order valence-corrected chi connectivity index (χ1v) is 4.38. The molecule has 0 saturated carbocycles. The molecule has 1 rings (SSSR count). The second-order valence-electron chi connectivity index (χ2n) is 2.97. The Labute approximate surface area is 96.2 Å². The molecule has 96 valence electrons. The number of aromatic nitrogens is 1. The highest BCUT2D eigenvalue weighted by atomic mass is 35.5. The second kappa shape index (κ2) is 4.25. The van der Waals surface area contributed by atoms with E-state index in [9.17, 15) is 26.3 Å². The Kier molecular flexibility index (Phi) is 3.47. The van der Waals surface area contributed by atoms with E-state index >= 15 is 0 Å². The average molecular weight is 280 g/mol.